The number of ether oxygens (including phenoxy) is 1. The maximum atomic E-state index is 5.94. The van der Waals surface area contributed by atoms with Crippen molar-refractivity contribution in [3.8, 4) is 0 Å². The molecule has 0 bridgehead atoms. The molecule has 0 saturated carbocycles. The maximum Gasteiger partial charge on any atom is 0.151 e. The van der Waals surface area contributed by atoms with E-state index in [1.165, 1.54) is 12.8 Å². The zero-order chi connectivity index (χ0) is 11.4. The van der Waals surface area contributed by atoms with E-state index in [1.54, 1.807) is 13.3 Å². The van der Waals surface area contributed by atoms with Gasteiger partial charge in [-0.2, -0.15) is 0 Å². The Morgan fingerprint density at radius 2 is 2.50 bits per heavy atom. The van der Waals surface area contributed by atoms with Crippen molar-refractivity contribution in [3.63, 3.8) is 0 Å². The van der Waals surface area contributed by atoms with Gasteiger partial charge in [-0.25, -0.2) is 4.98 Å². The number of methoxy groups -OCH3 is 1. The Morgan fingerprint density at radius 1 is 1.62 bits per heavy atom. The van der Waals surface area contributed by atoms with Crippen molar-refractivity contribution in [2.45, 2.75) is 12.8 Å². The van der Waals surface area contributed by atoms with Crippen LogP contribution in [0.1, 0.15) is 12.8 Å². The Labute approximate surface area is 96.4 Å². The Kier molecular flexibility index (Phi) is 3.62. The fourth-order valence-electron chi connectivity index (χ4n) is 2.30. The molecular weight excluding hydrogens is 202 g/mol. The number of hydrogen-bond donors (Lipinski definition) is 1. The highest BCUT2D eigenvalue weighted by atomic mass is 16.5. The lowest BCUT2D eigenvalue weighted by Gasteiger charge is -2.33. The van der Waals surface area contributed by atoms with Crippen LogP contribution in [0.15, 0.2) is 18.3 Å². The minimum Gasteiger partial charge on any atom is -0.396 e. The lowest BCUT2D eigenvalue weighted by atomic mass is 9.99. The van der Waals surface area contributed by atoms with Gasteiger partial charge in [0.2, 0.25) is 0 Å². The van der Waals surface area contributed by atoms with Gasteiger partial charge in [0, 0.05) is 26.4 Å². The third kappa shape index (κ3) is 2.44. The molecule has 4 nitrogen and oxygen atoms in total. The van der Waals surface area contributed by atoms with E-state index in [2.05, 4.69) is 9.88 Å². The van der Waals surface area contributed by atoms with Gasteiger partial charge in [0.1, 0.15) is 0 Å². The normalized spacial score (nSPS) is 21.1. The van der Waals surface area contributed by atoms with E-state index in [0.717, 1.165) is 31.2 Å². The summed E-state index contributed by atoms with van der Waals surface area (Å²) in [5.41, 5.74) is 6.70. The van der Waals surface area contributed by atoms with Gasteiger partial charge < -0.3 is 15.4 Å². The summed E-state index contributed by atoms with van der Waals surface area (Å²) in [5.74, 6) is 1.52. The molecule has 0 amide bonds. The molecule has 1 aromatic heterocycles. The Balaban J connectivity index is 2.07. The molecule has 88 valence electrons. The molecule has 1 atom stereocenters. The second-order valence-electron chi connectivity index (χ2n) is 4.33. The number of pyridine rings is 1. The number of nitrogens with two attached hydrogens (primary N) is 1. The van der Waals surface area contributed by atoms with Gasteiger partial charge in [0.25, 0.3) is 0 Å². The Morgan fingerprint density at radius 3 is 3.25 bits per heavy atom. The number of aromatic nitrogens is 1. The van der Waals surface area contributed by atoms with Gasteiger partial charge >= 0.3 is 0 Å². The molecule has 1 saturated heterocycles. The zero-order valence-electron chi connectivity index (χ0n) is 9.72. The number of piperidine rings is 1. The van der Waals surface area contributed by atoms with Crippen molar-refractivity contribution in [2.75, 3.05) is 37.4 Å². The van der Waals surface area contributed by atoms with Crippen LogP contribution in [-0.2, 0) is 4.74 Å². The summed E-state index contributed by atoms with van der Waals surface area (Å²) in [6, 6.07) is 3.78. The van der Waals surface area contributed by atoms with E-state index in [9.17, 15) is 0 Å². The van der Waals surface area contributed by atoms with E-state index in [0.29, 0.717) is 5.92 Å². The van der Waals surface area contributed by atoms with Gasteiger partial charge in [-0.1, -0.05) is 0 Å². The number of anilines is 2. The Hall–Kier alpha value is -1.29. The summed E-state index contributed by atoms with van der Waals surface area (Å²) < 4.78 is 5.22. The van der Waals surface area contributed by atoms with Crippen molar-refractivity contribution in [1.29, 1.82) is 0 Å². The van der Waals surface area contributed by atoms with Crippen LogP contribution in [0.5, 0.6) is 0 Å². The molecule has 0 spiro atoms. The second-order valence-corrected chi connectivity index (χ2v) is 4.33. The van der Waals surface area contributed by atoms with Crippen molar-refractivity contribution in [3.05, 3.63) is 18.3 Å². The van der Waals surface area contributed by atoms with Gasteiger partial charge in [-0.3, -0.25) is 0 Å². The van der Waals surface area contributed by atoms with E-state index in [1.807, 2.05) is 12.1 Å². The van der Waals surface area contributed by atoms with E-state index >= 15 is 0 Å². The third-order valence-electron chi connectivity index (χ3n) is 3.04. The SMILES string of the molecule is COC[C@H]1CCCN(c2ncccc2N)C1. The van der Waals surface area contributed by atoms with E-state index < -0.39 is 0 Å². The highest BCUT2D eigenvalue weighted by molar-refractivity contribution is 5.62. The predicted octanol–water partition coefficient (Wildman–Crippen LogP) is 1.53. The molecule has 2 heterocycles. The first-order valence-corrected chi connectivity index (χ1v) is 5.75. The first-order chi connectivity index (χ1) is 7.81. The Bertz CT molecular complexity index is 341. The molecular formula is C12H19N3O. The van der Waals surface area contributed by atoms with Crippen LogP contribution in [0.25, 0.3) is 0 Å². The predicted molar refractivity (Wildman–Crippen MR) is 65.5 cm³/mol. The number of hydrogen-bond acceptors (Lipinski definition) is 4. The third-order valence-corrected chi connectivity index (χ3v) is 3.04. The summed E-state index contributed by atoms with van der Waals surface area (Å²) in [6.45, 7) is 2.86. The number of nitrogen functional groups attached to an aromatic ring is 1. The largest absolute Gasteiger partial charge is 0.396 e. The monoisotopic (exact) mass is 221 g/mol. The fraction of sp³-hybridized carbons (Fsp3) is 0.583. The molecule has 1 aliphatic heterocycles. The average molecular weight is 221 g/mol. The van der Waals surface area contributed by atoms with Crippen LogP contribution in [-0.4, -0.2) is 31.8 Å². The molecule has 1 fully saturated rings. The molecule has 4 heteroatoms. The zero-order valence-corrected chi connectivity index (χ0v) is 9.72. The van der Waals surface area contributed by atoms with Crippen LogP contribution >= 0.6 is 0 Å². The summed E-state index contributed by atoms with van der Waals surface area (Å²) in [5, 5.41) is 0. The summed E-state index contributed by atoms with van der Waals surface area (Å²) in [7, 11) is 1.76. The summed E-state index contributed by atoms with van der Waals surface area (Å²) in [6.07, 6.45) is 4.22. The van der Waals surface area contributed by atoms with Gasteiger partial charge in [0.05, 0.1) is 12.3 Å². The number of rotatable bonds is 3. The molecule has 0 aromatic carbocycles. The van der Waals surface area contributed by atoms with Crippen molar-refractivity contribution < 1.29 is 4.74 Å². The number of nitrogens with zero attached hydrogens (tertiary/aromatic N) is 2. The van der Waals surface area contributed by atoms with Crippen LogP contribution in [0.4, 0.5) is 11.5 Å². The molecule has 0 aliphatic carbocycles. The van der Waals surface area contributed by atoms with Gasteiger partial charge in [0.15, 0.2) is 5.82 Å². The summed E-state index contributed by atoms with van der Waals surface area (Å²) >= 11 is 0. The molecule has 0 radical (unpaired) electrons. The highest BCUT2D eigenvalue weighted by Gasteiger charge is 2.21. The van der Waals surface area contributed by atoms with Crippen LogP contribution < -0.4 is 10.6 Å². The topological polar surface area (TPSA) is 51.4 Å². The first-order valence-electron chi connectivity index (χ1n) is 5.75. The lowest BCUT2D eigenvalue weighted by Crippen LogP contribution is -2.37. The second kappa shape index (κ2) is 5.16. The molecule has 1 aliphatic rings. The fourth-order valence-corrected chi connectivity index (χ4v) is 2.30. The lowest BCUT2D eigenvalue weighted by molar-refractivity contribution is 0.143. The molecule has 0 unspecified atom stereocenters. The molecule has 2 rings (SSSR count). The standard InChI is InChI=1S/C12H19N3O/c1-16-9-10-4-3-7-15(8-10)12-11(13)5-2-6-14-12/h2,5-6,10H,3-4,7-9,13H2,1H3/t10-/m0/s1. The minimum atomic E-state index is 0.597. The minimum absolute atomic E-state index is 0.597. The molecule has 1 aromatic rings. The van der Waals surface area contributed by atoms with Crippen LogP contribution in [0.2, 0.25) is 0 Å². The molecule has 2 N–H and O–H groups in total. The van der Waals surface area contributed by atoms with Crippen LogP contribution in [0.3, 0.4) is 0 Å². The van der Waals surface area contributed by atoms with Crippen LogP contribution in [0, 0.1) is 5.92 Å². The average Bonchev–Trinajstić information content (AvgIpc) is 2.30. The smallest absolute Gasteiger partial charge is 0.151 e. The highest BCUT2D eigenvalue weighted by Crippen LogP contribution is 2.25. The summed E-state index contributed by atoms with van der Waals surface area (Å²) in [4.78, 5) is 6.62. The van der Waals surface area contributed by atoms with Crippen molar-refractivity contribution in [1.82, 2.24) is 4.98 Å². The van der Waals surface area contributed by atoms with E-state index in [-0.39, 0.29) is 0 Å². The van der Waals surface area contributed by atoms with Gasteiger partial charge in [-0.05, 0) is 30.9 Å². The van der Waals surface area contributed by atoms with E-state index in [4.69, 9.17) is 10.5 Å². The first kappa shape index (κ1) is 11.2. The quantitative estimate of drug-likeness (QED) is 0.841. The molecule has 16 heavy (non-hydrogen) atoms. The van der Waals surface area contributed by atoms with Gasteiger partial charge in [-0.15, -0.1) is 0 Å². The van der Waals surface area contributed by atoms with Crippen molar-refractivity contribution in [2.24, 2.45) is 5.92 Å². The maximum absolute atomic E-state index is 5.94. The van der Waals surface area contributed by atoms with Crippen molar-refractivity contribution >= 4 is 11.5 Å².